The molecule has 2 atom stereocenters. The van der Waals surface area contributed by atoms with Crippen molar-refractivity contribution in [2.45, 2.75) is 39.8 Å². The van der Waals surface area contributed by atoms with E-state index < -0.39 is 17.6 Å². The zero-order valence-corrected chi connectivity index (χ0v) is 19.3. The van der Waals surface area contributed by atoms with E-state index in [1.54, 1.807) is 11.9 Å². The summed E-state index contributed by atoms with van der Waals surface area (Å²) in [6.45, 7) is 8.32. The van der Waals surface area contributed by atoms with Gasteiger partial charge in [0.25, 0.3) is 0 Å². The number of piperazine rings is 1. The molecule has 0 spiro atoms. The summed E-state index contributed by atoms with van der Waals surface area (Å²) in [5, 5.41) is 13.1. The lowest BCUT2D eigenvalue weighted by atomic mass is 9.69. The first kappa shape index (κ1) is 23.2. The maximum Gasteiger partial charge on any atom is 0.417 e. The third-order valence-corrected chi connectivity index (χ3v) is 8.78. The molecule has 2 fully saturated rings. The van der Waals surface area contributed by atoms with Crippen LogP contribution in [-0.4, -0.2) is 52.2 Å². The number of fused-ring (bicyclic) bond motifs is 2. The van der Waals surface area contributed by atoms with Crippen molar-refractivity contribution in [3.05, 3.63) is 29.7 Å². The van der Waals surface area contributed by atoms with Gasteiger partial charge >= 0.3 is 6.18 Å². The molecule has 1 aromatic heterocycles. The van der Waals surface area contributed by atoms with E-state index in [1.807, 2.05) is 11.0 Å². The first-order chi connectivity index (χ1) is 14.9. The first-order valence-electron chi connectivity index (χ1n) is 10.8. The lowest BCUT2D eigenvalue weighted by molar-refractivity contribution is -0.137. The Morgan fingerprint density at radius 2 is 2.00 bits per heavy atom. The summed E-state index contributed by atoms with van der Waals surface area (Å²) in [7, 11) is 0. The minimum absolute atomic E-state index is 0.0450. The van der Waals surface area contributed by atoms with Crippen molar-refractivity contribution in [2.75, 3.05) is 42.1 Å². The number of hydrogen-bond donors (Lipinski definition) is 2. The molecule has 4 rings (SSSR count). The minimum Gasteiger partial charge on any atom is -0.512 e. The molecule has 2 aliphatic carbocycles. The van der Waals surface area contributed by atoms with Crippen molar-refractivity contribution in [1.82, 2.24) is 9.29 Å². The summed E-state index contributed by atoms with van der Waals surface area (Å²) >= 11 is 1.74. The predicted octanol–water partition coefficient (Wildman–Crippen LogP) is 4.71. The number of pyridine rings is 1. The average molecular weight is 471 g/mol. The van der Waals surface area contributed by atoms with Gasteiger partial charge in [-0.05, 0) is 36.3 Å². The molecule has 1 aromatic rings. The number of amides is 1. The van der Waals surface area contributed by atoms with Crippen molar-refractivity contribution < 1.29 is 23.1 Å². The Labute approximate surface area is 190 Å². The van der Waals surface area contributed by atoms with Crippen molar-refractivity contribution in [3.8, 4) is 0 Å². The molecule has 2 bridgehead atoms. The molecule has 2 heterocycles. The molecule has 1 saturated heterocycles. The van der Waals surface area contributed by atoms with E-state index >= 15 is 0 Å². The summed E-state index contributed by atoms with van der Waals surface area (Å²) in [4.78, 5) is 17.5. The fourth-order valence-corrected chi connectivity index (χ4v) is 6.74. The maximum atomic E-state index is 13.1. The van der Waals surface area contributed by atoms with Crippen molar-refractivity contribution in [3.63, 3.8) is 0 Å². The highest BCUT2D eigenvalue weighted by Gasteiger charge is 2.60. The van der Waals surface area contributed by atoms with Crippen LogP contribution < -0.4 is 10.2 Å². The van der Waals surface area contributed by atoms with E-state index in [0.29, 0.717) is 43.7 Å². The Hall–Kier alpha value is -1.94. The normalized spacial score (nSPS) is 27.5. The molecular weight excluding hydrogens is 441 g/mol. The molecule has 1 amide bonds. The lowest BCUT2D eigenvalue weighted by Gasteiger charge is -2.41. The van der Waals surface area contributed by atoms with Gasteiger partial charge in [-0.25, -0.2) is 9.29 Å². The summed E-state index contributed by atoms with van der Waals surface area (Å²) in [5.41, 5.74) is -0.955. The zero-order chi connectivity index (χ0) is 23.3. The Morgan fingerprint density at radius 3 is 2.53 bits per heavy atom. The minimum atomic E-state index is -4.53. The van der Waals surface area contributed by atoms with Gasteiger partial charge < -0.3 is 15.3 Å². The second-order valence-electron chi connectivity index (χ2n) is 9.46. The molecule has 3 aliphatic rings. The first-order valence-corrected chi connectivity index (χ1v) is 11.8. The number of aromatic nitrogens is 1. The number of aliphatic hydroxyl groups excluding tert-OH is 1. The van der Waals surface area contributed by atoms with Gasteiger partial charge in [0.15, 0.2) is 5.82 Å². The molecule has 6 nitrogen and oxygen atoms in total. The fraction of sp³-hybridized carbons (Fsp3) is 0.636. The van der Waals surface area contributed by atoms with Crippen molar-refractivity contribution in [1.29, 1.82) is 0 Å². The number of nitrogens with zero attached hydrogens (tertiary/aromatic N) is 3. The molecule has 10 heteroatoms. The molecule has 176 valence electrons. The third-order valence-electron chi connectivity index (χ3n) is 7.43. The smallest absolute Gasteiger partial charge is 0.417 e. The van der Waals surface area contributed by atoms with Gasteiger partial charge in [-0.15, -0.1) is 0 Å². The topological polar surface area (TPSA) is 68.7 Å². The predicted molar refractivity (Wildman–Crippen MR) is 119 cm³/mol. The monoisotopic (exact) mass is 470 g/mol. The van der Waals surface area contributed by atoms with Gasteiger partial charge in [0.1, 0.15) is 0 Å². The van der Waals surface area contributed by atoms with E-state index in [4.69, 9.17) is 0 Å². The van der Waals surface area contributed by atoms with Crippen LogP contribution in [0.25, 0.3) is 0 Å². The number of rotatable bonds is 5. The van der Waals surface area contributed by atoms with Crippen LogP contribution in [0.15, 0.2) is 24.1 Å². The van der Waals surface area contributed by atoms with Crippen LogP contribution in [0.2, 0.25) is 0 Å². The van der Waals surface area contributed by atoms with Crippen LogP contribution in [0.1, 0.15) is 39.2 Å². The van der Waals surface area contributed by atoms with Crippen molar-refractivity contribution >= 4 is 29.4 Å². The van der Waals surface area contributed by atoms with Gasteiger partial charge in [0, 0.05) is 50.5 Å². The van der Waals surface area contributed by atoms with Crippen LogP contribution in [0.4, 0.5) is 24.7 Å². The number of allylic oxidation sites excluding steroid dienone is 2. The lowest BCUT2D eigenvalue weighted by Crippen LogP contribution is -2.45. The number of carbonyl (C=O) groups excluding carboxylic acids is 1. The van der Waals surface area contributed by atoms with Crippen LogP contribution in [0.5, 0.6) is 0 Å². The molecule has 32 heavy (non-hydrogen) atoms. The standard InChI is InChI=1S/C22H29F3N4O2S/c1-14(30)27-17-10-16(22(23,24)25)12-26-19(17)28-6-8-29(9-7-28)32-13-21-5-4-15(11-18(21)31)20(21,2)3/h10-12,15,31H,4-9,13H2,1-3H3,(H,27,30)/t15-,21-/m1/s1. The highest BCUT2D eigenvalue weighted by molar-refractivity contribution is 7.97. The fourth-order valence-electron chi connectivity index (χ4n) is 5.25. The van der Waals surface area contributed by atoms with Gasteiger partial charge in [0.2, 0.25) is 5.91 Å². The number of aliphatic hydroxyl groups is 1. The molecule has 1 saturated carbocycles. The van der Waals surface area contributed by atoms with Gasteiger partial charge in [-0.3, -0.25) is 4.79 Å². The van der Waals surface area contributed by atoms with Gasteiger partial charge in [-0.1, -0.05) is 25.8 Å². The summed E-state index contributed by atoms with van der Waals surface area (Å²) in [6, 6.07) is 0.942. The number of carbonyl (C=O) groups is 1. The van der Waals surface area contributed by atoms with Crippen LogP contribution in [-0.2, 0) is 11.0 Å². The van der Waals surface area contributed by atoms with Crippen LogP contribution in [0, 0.1) is 16.7 Å². The zero-order valence-electron chi connectivity index (χ0n) is 18.5. The maximum absolute atomic E-state index is 13.1. The molecule has 0 unspecified atom stereocenters. The summed E-state index contributed by atoms with van der Waals surface area (Å²) in [6.07, 6.45) is 0.420. The van der Waals surface area contributed by atoms with E-state index in [0.717, 1.165) is 30.9 Å². The van der Waals surface area contributed by atoms with E-state index in [1.165, 1.54) is 6.92 Å². The highest BCUT2D eigenvalue weighted by Crippen LogP contribution is 2.65. The van der Waals surface area contributed by atoms with Gasteiger partial charge in [-0.2, -0.15) is 13.2 Å². The number of hydrogen-bond acceptors (Lipinski definition) is 6. The summed E-state index contributed by atoms with van der Waals surface area (Å²) < 4.78 is 41.5. The highest BCUT2D eigenvalue weighted by atomic mass is 32.2. The second-order valence-corrected chi connectivity index (χ2v) is 10.5. The number of alkyl halides is 3. The molecule has 0 aromatic carbocycles. The van der Waals surface area contributed by atoms with Gasteiger partial charge in [0.05, 0.1) is 17.0 Å². The number of halogens is 3. The Kier molecular flexibility index (Phi) is 5.90. The van der Waals surface area contributed by atoms with Crippen LogP contribution >= 0.6 is 11.9 Å². The number of nitrogens with one attached hydrogen (secondary N) is 1. The van der Waals surface area contributed by atoms with Crippen LogP contribution in [0.3, 0.4) is 0 Å². The summed E-state index contributed by atoms with van der Waals surface area (Å²) in [5.74, 6) is 1.68. The molecule has 1 aliphatic heterocycles. The van der Waals surface area contributed by atoms with E-state index in [-0.39, 0.29) is 16.5 Å². The average Bonchev–Trinajstić information content (AvgIpc) is 3.06. The molecule has 2 N–H and O–H groups in total. The second kappa shape index (κ2) is 8.13. The Balaban J connectivity index is 1.41. The quantitative estimate of drug-likeness (QED) is 0.608. The Bertz CT molecular complexity index is 928. The number of anilines is 2. The molecular formula is C22H29F3N4O2S. The molecule has 0 radical (unpaired) electrons. The third kappa shape index (κ3) is 3.96. The van der Waals surface area contributed by atoms with E-state index in [2.05, 4.69) is 28.5 Å². The largest absolute Gasteiger partial charge is 0.512 e. The SMILES string of the molecule is CC(=O)Nc1cc(C(F)(F)F)cnc1N1CCN(SC[C@]23CC[C@H](C=C2O)C3(C)C)CC1. The van der Waals surface area contributed by atoms with E-state index in [9.17, 15) is 23.1 Å². The Morgan fingerprint density at radius 1 is 1.31 bits per heavy atom. The van der Waals surface area contributed by atoms with Crippen molar-refractivity contribution in [2.24, 2.45) is 16.7 Å².